The third-order valence-electron chi connectivity index (χ3n) is 3.14. The molecule has 0 aromatic carbocycles. The maximum Gasteiger partial charge on any atom is 0.0138 e. The van der Waals surface area contributed by atoms with Gasteiger partial charge in [-0.15, -0.1) is 0 Å². The van der Waals surface area contributed by atoms with Gasteiger partial charge in [0.15, 0.2) is 0 Å². The highest BCUT2D eigenvalue weighted by atomic mass is 32.2. The standard InChI is InChI=1S/C14H28S3/c1-2-3-4-5-6-7-8-14-13-16-10-9-15-11-12-17-14/h14H,2-13H2,1H3. The zero-order valence-electron chi connectivity index (χ0n) is 11.3. The van der Waals surface area contributed by atoms with Crippen LogP contribution in [0, 0.1) is 0 Å². The minimum absolute atomic E-state index is 0.949. The van der Waals surface area contributed by atoms with Crippen LogP contribution in [0.5, 0.6) is 0 Å². The van der Waals surface area contributed by atoms with E-state index in [0.29, 0.717) is 0 Å². The quantitative estimate of drug-likeness (QED) is 0.583. The van der Waals surface area contributed by atoms with Crippen molar-refractivity contribution < 1.29 is 0 Å². The summed E-state index contributed by atoms with van der Waals surface area (Å²) in [6, 6.07) is 0. The average molecular weight is 293 g/mol. The van der Waals surface area contributed by atoms with Crippen molar-refractivity contribution in [2.75, 3.05) is 28.8 Å². The first-order valence-electron chi connectivity index (χ1n) is 7.20. The minimum Gasteiger partial charge on any atom is -0.160 e. The molecule has 0 radical (unpaired) electrons. The molecule has 3 heteroatoms. The fourth-order valence-electron chi connectivity index (χ4n) is 2.08. The van der Waals surface area contributed by atoms with Crippen molar-refractivity contribution in [1.82, 2.24) is 0 Å². The Morgan fingerprint density at radius 2 is 1.53 bits per heavy atom. The predicted octanol–water partition coefficient (Wildman–Crippen LogP) is 5.32. The second kappa shape index (κ2) is 12.1. The van der Waals surface area contributed by atoms with E-state index in [1.165, 1.54) is 73.7 Å². The molecule has 0 aromatic rings. The van der Waals surface area contributed by atoms with Crippen molar-refractivity contribution in [3.05, 3.63) is 0 Å². The minimum atomic E-state index is 0.949. The molecule has 0 spiro atoms. The maximum atomic E-state index is 2.30. The smallest absolute Gasteiger partial charge is 0.0138 e. The SMILES string of the molecule is CCCCCCCCC1CSCCSCCS1. The van der Waals surface area contributed by atoms with E-state index in [9.17, 15) is 0 Å². The fourth-order valence-corrected chi connectivity index (χ4v) is 6.02. The second-order valence-electron chi connectivity index (χ2n) is 4.74. The maximum absolute atomic E-state index is 2.30. The lowest BCUT2D eigenvalue weighted by molar-refractivity contribution is 0.590. The van der Waals surface area contributed by atoms with Crippen LogP contribution in [0.25, 0.3) is 0 Å². The lowest BCUT2D eigenvalue weighted by atomic mass is 10.1. The first-order valence-corrected chi connectivity index (χ1v) is 10.6. The van der Waals surface area contributed by atoms with Gasteiger partial charge in [0, 0.05) is 34.0 Å². The number of unbranched alkanes of at least 4 members (excludes halogenated alkanes) is 5. The van der Waals surface area contributed by atoms with Crippen LogP contribution in [-0.2, 0) is 0 Å². The number of hydrogen-bond donors (Lipinski definition) is 0. The van der Waals surface area contributed by atoms with E-state index < -0.39 is 0 Å². The highest BCUT2D eigenvalue weighted by Gasteiger charge is 2.10. The Morgan fingerprint density at radius 1 is 0.824 bits per heavy atom. The Hall–Kier alpha value is 1.05. The largest absolute Gasteiger partial charge is 0.160 e. The molecule has 0 aromatic heterocycles. The van der Waals surface area contributed by atoms with Crippen LogP contribution >= 0.6 is 35.3 Å². The van der Waals surface area contributed by atoms with Crippen LogP contribution < -0.4 is 0 Å². The van der Waals surface area contributed by atoms with E-state index in [2.05, 4.69) is 42.2 Å². The van der Waals surface area contributed by atoms with Gasteiger partial charge in [0.25, 0.3) is 0 Å². The molecular formula is C14H28S3. The first kappa shape index (κ1) is 16.1. The Labute approximate surface area is 121 Å². The van der Waals surface area contributed by atoms with Crippen LogP contribution in [0.2, 0.25) is 0 Å². The highest BCUT2D eigenvalue weighted by molar-refractivity contribution is 8.06. The van der Waals surface area contributed by atoms with Crippen molar-refractivity contribution in [2.24, 2.45) is 0 Å². The molecule has 1 unspecified atom stereocenters. The summed E-state index contributed by atoms with van der Waals surface area (Å²) in [6.45, 7) is 2.30. The number of thioether (sulfide) groups is 3. The van der Waals surface area contributed by atoms with Crippen LogP contribution in [0.1, 0.15) is 51.9 Å². The van der Waals surface area contributed by atoms with E-state index in [1.807, 2.05) is 0 Å². The molecule has 1 aliphatic rings. The summed E-state index contributed by atoms with van der Waals surface area (Å²) in [5, 5.41) is 0.949. The zero-order chi connectivity index (χ0) is 12.2. The molecule has 0 bridgehead atoms. The van der Waals surface area contributed by atoms with Crippen molar-refractivity contribution in [3.8, 4) is 0 Å². The van der Waals surface area contributed by atoms with Crippen LogP contribution in [0.3, 0.4) is 0 Å². The Balaban J connectivity index is 1.99. The van der Waals surface area contributed by atoms with Crippen molar-refractivity contribution in [1.29, 1.82) is 0 Å². The van der Waals surface area contributed by atoms with Gasteiger partial charge in [-0.3, -0.25) is 0 Å². The van der Waals surface area contributed by atoms with Crippen molar-refractivity contribution in [2.45, 2.75) is 57.1 Å². The van der Waals surface area contributed by atoms with Crippen molar-refractivity contribution in [3.63, 3.8) is 0 Å². The molecule has 0 nitrogen and oxygen atoms in total. The summed E-state index contributed by atoms with van der Waals surface area (Å²) in [6.07, 6.45) is 10.1. The van der Waals surface area contributed by atoms with E-state index in [4.69, 9.17) is 0 Å². The molecule has 0 amide bonds. The van der Waals surface area contributed by atoms with Crippen molar-refractivity contribution >= 4 is 35.3 Å². The highest BCUT2D eigenvalue weighted by Crippen LogP contribution is 2.25. The van der Waals surface area contributed by atoms with Gasteiger partial charge in [0.05, 0.1) is 0 Å². The molecule has 0 N–H and O–H groups in total. The molecular weight excluding hydrogens is 264 g/mol. The molecule has 1 heterocycles. The molecule has 17 heavy (non-hydrogen) atoms. The number of hydrogen-bond acceptors (Lipinski definition) is 3. The summed E-state index contributed by atoms with van der Waals surface area (Å²) in [5.74, 6) is 6.90. The molecule has 1 aliphatic heterocycles. The molecule has 0 saturated carbocycles. The van der Waals surface area contributed by atoms with Gasteiger partial charge < -0.3 is 0 Å². The Bertz CT molecular complexity index is 152. The summed E-state index contributed by atoms with van der Waals surface area (Å²) in [5.41, 5.74) is 0. The monoisotopic (exact) mass is 292 g/mol. The van der Waals surface area contributed by atoms with Gasteiger partial charge in [-0.05, 0) is 6.42 Å². The second-order valence-corrected chi connectivity index (χ2v) is 8.52. The normalized spacial score (nSPS) is 22.8. The van der Waals surface area contributed by atoms with Crippen LogP contribution in [0.4, 0.5) is 0 Å². The topological polar surface area (TPSA) is 0 Å². The van der Waals surface area contributed by atoms with Crippen LogP contribution in [-0.4, -0.2) is 34.0 Å². The van der Waals surface area contributed by atoms with Gasteiger partial charge in [-0.25, -0.2) is 0 Å². The molecule has 102 valence electrons. The third-order valence-corrected chi connectivity index (χ3v) is 7.29. The third kappa shape index (κ3) is 9.61. The first-order chi connectivity index (χ1) is 8.43. The molecule has 0 aliphatic carbocycles. The summed E-state index contributed by atoms with van der Waals surface area (Å²) in [4.78, 5) is 0. The van der Waals surface area contributed by atoms with E-state index in [-0.39, 0.29) is 0 Å². The Kier molecular flexibility index (Phi) is 11.5. The average Bonchev–Trinajstić information content (AvgIpc) is 2.47. The predicted molar refractivity (Wildman–Crippen MR) is 88.9 cm³/mol. The number of rotatable bonds is 7. The lowest BCUT2D eigenvalue weighted by Gasteiger charge is -2.14. The summed E-state index contributed by atoms with van der Waals surface area (Å²) < 4.78 is 0. The van der Waals surface area contributed by atoms with E-state index in [1.54, 1.807) is 0 Å². The van der Waals surface area contributed by atoms with E-state index >= 15 is 0 Å². The molecule has 1 saturated heterocycles. The van der Waals surface area contributed by atoms with Gasteiger partial charge in [-0.1, -0.05) is 45.4 Å². The molecule has 1 atom stereocenters. The van der Waals surface area contributed by atoms with Gasteiger partial charge >= 0.3 is 0 Å². The van der Waals surface area contributed by atoms with Gasteiger partial charge in [0.2, 0.25) is 0 Å². The molecule has 1 fully saturated rings. The molecule has 1 rings (SSSR count). The fraction of sp³-hybridized carbons (Fsp3) is 1.00. The summed E-state index contributed by atoms with van der Waals surface area (Å²) in [7, 11) is 0. The van der Waals surface area contributed by atoms with Gasteiger partial charge in [-0.2, -0.15) is 35.3 Å². The Morgan fingerprint density at radius 3 is 2.41 bits per heavy atom. The lowest BCUT2D eigenvalue weighted by Crippen LogP contribution is -2.07. The zero-order valence-corrected chi connectivity index (χ0v) is 13.7. The van der Waals surface area contributed by atoms with Crippen LogP contribution in [0.15, 0.2) is 0 Å². The van der Waals surface area contributed by atoms with E-state index in [0.717, 1.165) is 5.25 Å². The summed E-state index contributed by atoms with van der Waals surface area (Å²) >= 11 is 6.56. The van der Waals surface area contributed by atoms with Gasteiger partial charge in [0.1, 0.15) is 0 Å².